The summed E-state index contributed by atoms with van der Waals surface area (Å²) in [5.74, 6) is 2.96. The predicted molar refractivity (Wildman–Crippen MR) is 95.9 cm³/mol. The van der Waals surface area contributed by atoms with Crippen LogP contribution in [0.5, 0.6) is 0 Å². The molecule has 0 aromatic carbocycles. The maximum atomic E-state index is 4.63. The first-order valence-corrected chi connectivity index (χ1v) is 10.2. The van der Waals surface area contributed by atoms with Crippen LogP contribution in [-0.2, 0) is 13.6 Å². The molecular weight excluding hydrogens is 298 g/mol. The molecule has 24 heavy (non-hydrogen) atoms. The summed E-state index contributed by atoms with van der Waals surface area (Å²) in [4.78, 5) is 5.29. The molecule has 1 saturated carbocycles. The summed E-state index contributed by atoms with van der Waals surface area (Å²) in [7, 11) is 2.18. The number of hydrogen-bond donors (Lipinski definition) is 0. The van der Waals surface area contributed by atoms with Gasteiger partial charge in [-0.15, -0.1) is 10.2 Å². The van der Waals surface area contributed by atoms with E-state index in [0.29, 0.717) is 5.92 Å². The van der Waals surface area contributed by atoms with Crippen LogP contribution in [0.4, 0.5) is 0 Å². The lowest BCUT2D eigenvalue weighted by Gasteiger charge is -2.36. The van der Waals surface area contributed by atoms with E-state index in [1.807, 2.05) is 0 Å². The Labute approximate surface area is 146 Å². The quantitative estimate of drug-likeness (QED) is 0.850. The second-order valence-corrected chi connectivity index (χ2v) is 8.14. The van der Waals surface area contributed by atoms with Gasteiger partial charge in [0.05, 0.1) is 6.54 Å². The zero-order valence-corrected chi connectivity index (χ0v) is 15.3. The number of nitrogens with zero attached hydrogens (tertiary/aromatic N) is 5. The Kier molecular flexibility index (Phi) is 5.18. The minimum atomic E-state index is 0.576. The van der Waals surface area contributed by atoms with Crippen molar-refractivity contribution in [3.05, 3.63) is 11.6 Å². The molecule has 134 valence electrons. The lowest BCUT2D eigenvalue weighted by molar-refractivity contribution is 0.146. The Bertz CT molecular complexity index is 528. The molecule has 0 amide bonds. The van der Waals surface area contributed by atoms with Crippen LogP contribution in [0, 0.1) is 0 Å². The van der Waals surface area contributed by atoms with Crippen molar-refractivity contribution in [3.8, 4) is 0 Å². The van der Waals surface area contributed by atoms with Crippen molar-refractivity contribution in [3.63, 3.8) is 0 Å². The molecule has 5 nitrogen and oxygen atoms in total. The zero-order valence-electron chi connectivity index (χ0n) is 15.3. The predicted octanol–water partition coefficient (Wildman–Crippen LogP) is 2.92. The smallest absolute Gasteiger partial charge is 0.146 e. The standard InChI is InChI=1S/C19H33N5/c1-22-18(15-23-11-5-2-6-12-23)20-21-19(22)16-8-7-13-24(14-16)17-9-3-4-10-17/h16-17H,2-15H2,1H3/t16-/m0/s1. The molecule has 0 bridgehead atoms. The molecule has 5 heteroatoms. The molecule has 3 aliphatic rings. The highest BCUT2D eigenvalue weighted by atomic mass is 15.3. The maximum Gasteiger partial charge on any atom is 0.146 e. The van der Waals surface area contributed by atoms with Crippen LogP contribution in [0.2, 0.25) is 0 Å². The van der Waals surface area contributed by atoms with Gasteiger partial charge in [-0.3, -0.25) is 9.80 Å². The Morgan fingerprint density at radius 1 is 0.875 bits per heavy atom. The van der Waals surface area contributed by atoms with E-state index in [1.54, 1.807) is 0 Å². The number of hydrogen-bond acceptors (Lipinski definition) is 4. The van der Waals surface area contributed by atoms with Crippen molar-refractivity contribution in [1.82, 2.24) is 24.6 Å². The third-order valence-corrected chi connectivity index (χ3v) is 6.47. The molecule has 3 fully saturated rings. The van der Waals surface area contributed by atoms with Crippen molar-refractivity contribution in [2.24, 2.45) is 7.05 Å². The summed E-state index contributed by atoms with van der Waals surface area (Å²) >= 11 is 0. The summed E-state index contributed by atoms with van der Waals surface area (Å²) in [5, 5.41) is 9.19. The Morgan fingerprint density at radius 3 is 2.46 bits per heavy atom. The number of piperidine rings is 2. The largest absolute Gasteiger partial charge is 0.317 e. The molecule has 1 aromatic heterocycles. The lowest BCUT2D eigenvalue weighted by atomic mass is 9.95. The first kappa shape index (κ1) is 16.5. The van der Waals surface area contributed by atoms with Gasteiger partial charge in [-0.05, 0) is 58.2 Å². The number of rotatable bonds is 4. The summed E-state index contributed by atoms with van der Waals surface area (Å²) in [6.07, 6.45) is 12.3. The van der Waals surface area contributed by atoms with Gasteiger partial charge in [0.15, 0.2) is 0 Å². The van der Waals surface area contributed by atoms with Crippen molar-refractivity contribution in [2.75, 3.05) is 26.2 Å². The van der Waals surface area contributed by atoms with E-state index in [1.165, 1.54) is 89.8 Å². The van der Waals surface area contributed by atoms with Crippen molar-refractivity contribution >= 4 is 0 Å². The highest BCUT2D eigenvalue weighted by molar-refractivity contribution is 5.04. The third-order valence-electron chi connectivity index (χ3n) is 6.47. The van der Waals surface area contributed by atoms with Gasteiger partial charge in [0.1, 0.15) is 11.6 Å². The van der Waals surface area contributed by atoms with Crippen LogP contribution in [0.25, 0.3) is 0 Å². The van der Waals surface area contributed by atoms with E-state index in [-0.39, 0.29) is 0 Å². The van der Waals surface area contributed by atoms with Crippen LogP contribution in [0.15, 0.2) is 0 Å². The van der Waals surface area contributed by atoms with Gasteiger partial charge in [0, 0.05) is 25.6 Å². The fraction of sp³-hybridized carbons (Fsp3) is 0.895. The molecule has 2 saturated heterocycles. The van der Waals surface area contributed by atoms with E-state index in [0.717, 1.165) is 18.4 Å². The van der Waals surface area contributed by atoms with Gasteiger partial charge >= 0.3 is 0 Å². The monoisotopic (exact) mass is 331 g/mol. The second-order valence-electron chi connectivity index (χ2n) is 8.14. The summed E-state index contributed by atoms with van der Waals surface area (Å²) < 4.78 is 2.30. The van der Waals surface area contributed by atoms with Crippen LogP contribution in [0.1, 0.15) is 75.4 Å². The van der Waals surface area contributed by atoms with Gasteiger partial charge < -0.3 is 4.57 Å². The molecule has 1 aromatic rings. The maximum absolute atomic E-state index is 4.63. The average Bonchev–Trinajstić information content (AvgIpc) is 3.27. The Balaban J connectivity index is 1.41. The van der Waals surface area contributed by atoms with E-state index in [2.05, 4.69) is 31.6 Å². The van der Waals surface area contributed by atoms with Gasteiger partial charge in [-0.25, -0.2) is 0 Å². The Hall–Kier alpha value is -0.940. The average molecular weight is 332 g/mol. The van der Waals surface area contributed by atoms with Crippen LogP contribution in [0.3, 0.4) is 0 Å². The van der Waals surface area contributed by atoms with Crippen LogP contribution < -0.4 is 0 Å². The zero-order chi connectivity index (χ0) is 16.4. The van der Waals surface area contributed by atoms with Gasteiger partial charge in [-0.2, -0.15) is 0 Å². The van der Waals surface area contributed by atoms with Gasteiger partial charge in [0.25, 0.3) is 0 Å². The first-order valence-electron chi connectivity index (χ1n) is 10.2. The SMILES string of the molecule is Cn1c(CN2CCCCC2)nnc1[C@H]1CCCN(C2CCCC2)C1. The lowest BCUT2D eigenvalue weighted by Crippen LogP contribution is -2.41. The number of likely N-dealkylation sites (tertiary alicyclic amines) is 2. The second kappa shape index (κ2) is 7.52. The molecular formula is C19H33N5. The van der Waals surface area contributed by atoms with E-state index < -0.39 is 0 Å². The van der Waals surface area contributed by atoms with Crippen LogP contribution >= 0.6 is 0 Å². The summed E-state index contributed by atoms with van der Waals surface area (Å²) in [6.45, 7) is 5.91. The molecule has 0 spiro atoms. The molecule has 0 N–H and O–H groups in total. The molecule has 3 heterocycles. The Morgan fingerprint density at radius 2 is 1.67 bits per heavy atom. The fourth-order valence-corrected chi connectivity index (χ4v) is 5.00. The van der Waals surface area contributed by atoms with Gasteiger partial charge in [0.2, 0.25) is 0 Å². The highest BCUT2D eigenvalue weighted by Crippen LogP contribution is 2.31. The van der Waals surface area contributed by atoms with Crippen molar-refractivity contribution in [1.29, 1.82) is 0 Å². The minimum absolute atomic E-state index is 0.576. The number of aromatic nitrogens is 3. The van der Waals surface area contributed by atoms with Crippen molar-refractivity contribution in [2.45, 2.75) is 76.3 Å². The molecule has 0 radical (unpaired) electrons. The highest BCUT2D eigenvalue weighted by Gasteiger charge is 2.31. The molecule has 1 aliphatic carbocycles. The summed E-state index contributed by atoms with van der Waals surface area (Å²) in [5.41, 5.74) is 0. The normalized spacial score (nSPS) is 27.8. The van der Waals surface area contributed by atoms with Gasteiger partial charge in [-0.1, -0.05) is 19.3 Å². The van der Waals surface area contributed by atoms with E-state index >= 15 is 0 Å². The molecule has 1 atom stereocenters. The van der Waals surface area contributed by atoms with Crippen LogP contribution in [-0.4, -0.2) is 56.8 Å². The summed E-state index contributed by atoms with van der Waals surface area (Å²) in [6, 6.07) is 0.842. The molecule has 2 aliphatic heterocycles. The minimum Gasteiger partial charge on any atom is -0.317 e. The first-order chi connectivity index (χ1) is 11.8. The van der Waals surface area contributed by atoms with Crippen molar-refractivity contribution < 1.29 is 0 Å². The van der Waals surface area contributed by atoms with E-state index in [4.69, 9.17) is 0 Å². The fourth-order valence-electron chi connectivity index (χ4n) is 5.00. The van der Waals surface area contributed by atoms with E-state index in [9.17, 15) is 0 Å². The topological polar surface area (TPSA) is 37.2 Å². The third kappa shape index (κ3) is 3.52. The molecule has 0 unspecified atom stereocenters. The molecule has 4 rings (SSSR count).